The summed E-state index contributed by atoms with van der Waals surface area (Å²) in [4.78, 5) is 2.46. The van der Waals surface area contributed by atoms with Crippen molar-refractivity contribution >= 4 is 0 Å². The number of piperidine rings is 1. The molecule has 1 aromatic rings. The molecule has 0 saturated carbocycles. The normalized spacial score (nSPS) is 20.4. The van der Waals surface area contributed by atoms with Crippen molar-refractivity contribution in [2.45, 2.75) is 40.2 Å². The van der Waals surface area contributed by atoms with Crippen molar-refractivity contribution < 1.29 is 5.11 Å². The maximum Gasteiger partial charge on any atom is 0.120 e. The van der Waals surface area contributed by atoms with Gasteiger partial charge in [0.25, 0.3) is 0 Å². The molecule has 1 N–H and O–H groups in total. The number of hydrogen-bond acceptors (Lipinski definition) is 2. The summed E-state index contributed by atoms with van der Waals surface area (Å²) >= 11 is 0. The van der Waals surface area contributed by atoms with Gasteiger partial charge < -0.3 is 5.11 Å². The maximum atomic E-state index is 9.87. The van der Waals surface area contributed by atoms with E-state index < -0.39 is 0 Å². The molecule has 1 saturated heterocycles. The third kappa shape index (κ3) is 3.22. The molecule has 0 bridgehead atoms. The van der Waals surface area contributed by atoms with Gasteiger partial charge in [-0.1, -0.05) is 31.5 Å². The van der Waals surface area contributed by atoms with Gasteiger partial charge in [-0.25, -0.2) is 0 Å². The fourth-order valence-corrected chi connectivity index (χ4v) is 2.76. The number of aromatic hydroxyl groups is 1. The van der Waals surface area contributed by atoms with Crippen molar-refractivity contribution in [3.05, 3.63) is 29.3 Å². The van der Waals surface area contributed by atoms with Crippen molar-refractivity contribution in [1.29, 1.82) is 0 Å². The zero-order valence-corrected chi connectivity index (χ0v) is 11.2. The molecule has 1 aliphatic heterocycles. The van der Waals surface area contributed by atoms with E-state index in [9.17, 15) is 5.11 Å². The van der Waals surface area contributed by atoms with Crippen LogP contribution in [0.15, 0.2) is 18.2 Å². The second-order valence-electron chi connectivity index (χ2n) is 6.11. The average Bonchev–Trinajstić information content (AvgIpc) is 2.22. The minimum absolute atomic E-state index is 0.414. The predicted octanol–water partition coefficient (Wildman–Crippen LogP) is 3.32. The molecule has 2 nitrogen and oxygen atoms in total. The largest absolute Gasteiger partial charge is 0.508 e. The van der Waals surface area contributed by atoms with Crippen LogP contribution in [0.4, 0.5) is 0 Å². The zero-order valence-electron chi connectivity index (χ0n) is 11.2. The van der Waals surface area contributed by atoms with Crippen molar-refractivity contribution in [3.63, 3.8) is 0 Å². The lowest BCUT2D eigenvalue weighted by atomic mass is 9.84. The second-order valence-corrected chi connectivity index (χ2v) is 6.11. The van der Waals surface area contributed by atoms with Crippen molar-refractivity contribution in [3.8, 4) is 5.75 Å². The van der Waals surface area contributed by atoms with Gasteiger partial charge in [-0.2, -0.15) is 0 Å². The molecule has 0 aliphatic carbocycles. The Morgan fingerprint density at radius 2 is 2.12 bits per heavy atom. The number of phenols is 1. The Balaban J connectivity index is 2.07. The highest BCUT2D eigenvalue weighted by atomic mass is 16.3. The van der Waals surface area contributed by atoms with Crippen LogP contribution in [0.1, 0.15) is 37.8 Å². The highest BCUT2D eigenvalue weighted by Crippen LogP contribution is 2.30. The minimum atomic E-state index is 0.414. The van der Waals surface area contributed by atoms with E-state index >= 15 is 0 Å². The van der Waals surface area contributed by atoms with Gasteiger partial charge in [0.1, 0.15) is 5.75 Å². The molecule has 0 amide bonds. The number of rotatable bonds is 2. The number of hydrogen-bond donors (Lipinski definition) is 1. The van der Waals surface area contributed by atoms with E-state index in [-0.39, 0.29) is 0 Å². The van der Waals surface area contributed by atoms with Crippen molar-refractivity contribution in [2.75, 3.05) is 13.1 Å². The van der Waals surface area contributed by atoms with Gasteiger partial charge in [0, 0.05) is 18.7 Å². The van der Waals surface area contributed by atoms with Crippen LogP contribution in [0.2, 0.25) is 0 Å². The fraction of sp³-hybridized carbons (Fsp3) is 0.600. The Kier molecular flexibility index (Phi) is 3.43. The Bertz CT molecular complexity index is 398. The first kappa shape index (κ1) is 12.4. The maximum absolute atomic E-state index is 9.87. The zero-order chi connectivity index (χ0) is 12.5. The summed E-state index contributed by atoms with van der Waals surface area (Å²) in [5.74, 6) is 0.430. The minimum Gasteiger partial charge on any atom is -0.508 e. The van der Waals surface area contributed by atoms with Crippen LogP contribution in [0.5, 0.6) is 5.75 Å². The second kappa shape index (κ2) is 4.69. The molecule has 0 atom stereocenters. The van der Waals surface area contributed by atoms with Crippen LogP contribution in [0.25, 0.3) is 0 Å². The summed E-state index contributed by atoms with van der Waals surface area (Å²) < 4.78 is 0. The average molecular weight is 233 g/mol. The van der Waals surface area contributed by atoms with Crippen LogP contribution in [0.3, 0.4) is 0 Å². The summed E-state index contributed by atoms with van der Waals surface area (Å²) in [6.07, 6.45) is 2.57. The standard InChI is InChI=1S/C15H23NO/c1-12-5-6-14(17)13(9-12)10-16-8-4-7-15(2,3)11-16/h5-6,9,17H,4,7-8,10-11H2,1-3H3. The number of benzene rings is 1. The first-order valence-electron chi connectivity index (χ1n) is 6.47. The number of nitrogens with zero attached hydrogens (tertiary/aromatic N) is 1. The molecule has 17 heavy (non-hydrogen) atoms. The van der Waals surface area contributed by atoms with Crippen LogP contribution in [-0.4, -0.2) is 23.1 Å². The molecule has 1 aliphatic rings. The molecule has 0 aromatic heterocycles. The third-order valence-corrected chi connectivity index (χ3v) is 3.61. The molecule has 0 radical (unpaired) electrons. The lowest BCUT2D eigenvalue weighted by Gasteiger charge is -2.38. The summed E-state index contributed by atoms with van der Waals surface area (Å²) in [5, 5.41) is 9.87. The SMILES string of the molecule is Cc1ccc(O)c(CN2CCCC(C)(C)C2)c1. The quantitative estimate of drug-likeness (QED) is 0.847. The Hall–Kier alpha value is -1.02. The van der Waals surface area contributed by atoms with Crippen LogP contribution in [0, 0.1) is 12.3 Å². The van der Waals surface area contributed by atoms with E-state index in [0.717, 1.165) is 25.2 Å². The first-order valence-corrected chi connectivity index (χ1v) is 6.47. The summed E-state index contributed by atoms with van der Waals surface area (Å²) in [6.45, 7) is 9.88. The van der Waals surface area contributed by atoms with Crippen LogP contribution in [-0.2, 0) is 6.54 Å². The summed E-state index contributed by atoms with van der Waals surface area (Å²) in [6, 6.07) is 5.86. The highest BCUT2D eigenvalue weighted by Gasteiger charge is 2.26. The monoisotopic (exact) mass is 233 g/mol. The van der Waals surface area contributed by atoms with E-state index in [1.165, 1.54) is 18.4 Å². The van der Waals surface area contributed by atoms with E-state index in [2.05, 4.69) is 31.7 Å². The molecule has 2 heteroatoms. The Morgan fingerprint density at radius 1 is 1.35 bits per heavy atom. The molecule has 94 valence electrons. The van der Waals surface area contributed by atoms with Crippen molar-refractivity contribution in [2.24, 2.45) is 5.41 Å². The Labute approximate surface area is 104 Å². The van der Waals surface area contributed by atoms with Gasteiger partial charge in [0.15, 0.2) is 0 Å². The van der Waals surface area contributed by atoms with Crippen LogP contribution < -0.4 is 0 Å². The summed E-state index contributed by atoms with van der Waals surface area (Å²) in [7, 11) is 0. The smallest absolute Gasteiger partial charge is 0.120 e. The van der Waals surface area contributed by atoms with E-state index in [0.29, 0.717) is 11.2 Å². The summed E-state index contributed by atoms with van der Waals surface area (Å²) in [5.41, 5.74) is 2.69. The van der Waals surface area contributed by atoms with E-state index in [4.69, 9.17) is 0 Å². The van der Waals surface area contributed by atoms with Gasteiger partial charge in [0.05, 0.1) is 0 Å². The molecule has 0 spiro atoms. The van der Waals surface area contributed by atoms with E-state index in [1.54, 1.807) is 6.07 Å². The highest BCUT2D eigenvalue weighted by molar-refractivity contribution is 5.35. The van der Waals surface area contributed by atoms with Gasteiger partial charge in [-0.05, 0) is 37.8 Å². The van der Waals surface area contributed by atoms with Gasteiger partial charge >= 0.3 is 0 Å². The Morgan fingerprint density at radius 3 is 2.82 bits per heavy atom. The molecular formula is C15H23NO. The number of likely N-dealkylation sites (tertiary alicyclic amines) is 1. The molecule has 1 fully saturated rings. The lowest BCUT2D eigenvalue weighted by molar-refractivity contribution is 0.111. The molecule has 2 rings (SSSR count). The molecule has 1 heterocycles. The lowest BCUT2D eigenvalue weighted by Crippen LogP contribution is -2.39. The van der Waals surface area contributed by atoms with E-state index in [1.807, 2.05) is 6.07 Å². The predicted molar refractivity (Wildman–Crippen MR) is 71.1 cm³/mol. The topological polar surface area (TPSA) is 23.5 Å². The first-order chi connectivity index (χ1) is 7.96. The van der Waals surface area contributed by atoms with Gasteiger partial charge in [0.2, 0.25) is 0 Å². The number of aryl methyl sites for hydroxylation is 1. The molecular weight excluding hydrogens is 210 g/mol. The van der Waals surface area contributed by atoms with Crippen molar-refractivity contribution in [1.82, 2.24) is 4.90 Å². The molecule has 0 unspecified atom stereocenters. The third-order valence-electron chi connectivity index (χ3n) is 3.61. The molecule has 1 aromatic carbocycles. The number of phenolic OH excluding ortho intramolecular Hbond substituents is 1. The fourth-order valence-electron chi connectivity index (χ4n) is 2.76. The van der Waals surface area contributed by atoms with Crippen LogP contribution >= 0.6 is 0 Å². The van der Waals surface area contributed by atoms with Gasteiger partial charge in [-0.3, -0.25) is 4.90 Å². The van der Waals surface area contributed by atoms with Gasteiger partial charge in [-0.15, -0.1) is 0 Å².